The number of halogens is 2. The number of ether oxygens (including phenoxy) is 1. The Morgan fingerprint density at radius 3 is 2.50 bits per heavy atom. The van der Waals surface area contributed by atoms with E-state index in [4.69, 9.17) is 27.9 Å². The Bertz CT molecular complexity index is 914. The number of rotatable bonds is 6. The molecule has 1 unspecified atom stereocenters. The van der Waals surface area contributed by atoms with Crippen LogP contribution in [0.2, 0.25) is 0 Å². The van der Waals surface area contributed by atoms with Crippen LogP contribution < -0.4 is 4.74 Å². The van der Waals surface area contributed by atoms with E-state index in [1.165, 1.54) is 0 Å². The molecule has 0 saturated heterocycles. The van der Waals surface area contributed by atoms with Crippen LogP contribution in [0.5, 0.6) is 5.75 Å². The lowest BCUT2D eigenvalue weighted by atomic mass is 10.2. The van der Waals surface area contributed by atoms with Gasteiger partial charge in [0, 0.05) is 17.4 Å². The molecule has 26 heavy (non-hydrogen) atoms. The number of aromatic nitrogens is 3. The maximum Gasteiger partial charge on any atom is 0.196 e. The van der Waals surface area contributed by atoms with Gasteiger partial charge in [-0.25, -0.2) is 0 Å². The Balaban J connectivity index is 1.75. The number of methoxy groups -OCH3 is 1. The van der Waals surface area contributed by atoms with Gasteiger partial charge in [-0.15, -0.1) is 33.4 Å². The van der Waals surface area contributed by atoms with Crippen molar-refractivity contribution in [2.24, 2.45) is 5.92 Å². The average Bonchev–Trinajstić information content (AvgIpc) is 3.09. The highest BCUT2D eigenvalue weighted by Gasteiger charge is 2.51. The first-order valence-electron chi connectivity index (χ1n) is 8.25. The SMILES string of the molecule is COc1ccccc1-c1nnc(SCC2CC2(Cl)Cl)n1-c1ccccc1. The molecule has 0 N–H and O–H groups in total. The molecule has 0 bridgehead atoms. The maximum absolute atomic E-state index is 6.16. The van der Waals surface area contributed by atoms with Crippen LogP contribution in [0.25, 0.3) is 17.1 Å². The van der Waals surface area contributed by atoms with Crippen LogP contribution in [-0.4, -0.2) is 32.0 Å². The second-order valence-corrected chi connectivity index (χ2v) is 8.68. The Kier molecular flexibility index (Phi) is 4.86. The lowest BCUT2D eigenvalue weighted by molar-refractivity contribution is 0.416. The molecule has 1 fully saturated rings. The molecular weight excluding hydrogens is 389 g/mol. The summed E-state index contributed by atoms with van der Waals surface area (Å²) in [7, 11) is 1.66. The van der Waals surface area contributed by atoms with Crippen LogP contribution in [0.4, 0.5) is 0 Å². The molecule has 1 heterocycles. The summed E-state index contributed by atoms with van der Waals surface area (Å²) in [6.45, 7) is 0. The van der Waals surface area contributed by atoms with E-state index in [1.807, 2.05) is 54.6 Å². The van der Waals surface area contributed by atoms with Crippen molar-refractivity contribution in [1.82, 2.24) is 14.8 Å². The number of para-hydroxylation sites is 2. The highest BCUT2D eigenvalue weighted by molar-refractivity contribution is 7.99. The van der Waals surface area contributed by atoms with E-state index in [9.17, 15) is 0 Å². The molecule has 0 amide bonds. The molecule has 2 aromatic carbocycles. The summed E-state index contributed by atoms with van der Waals surface area (Å²) in [6.07, 6.45) is 0.821. The van der Waals surface area contributed by atoms with E-state index >= 15 is 0 Å². The van der Waals surface area contributed by atoms with Crippen LogP contribution >= 0.6 is 35.0 Å². The van der Waals surface area contributed by atoms with Crippen molar-refractivity contribution < 1.29 is 4.74 Å². The van der Waals surface area contributed by atoms with Gasteiger partial charge < -0.3 is 4.74 Å². The molecule has 1 aromatic heterocycles. The first-order valence-corrected chi connectivity index (χ1v) is 9.99. The molecule has 0 spiro atoms. The second-order valence-electron chi connectivity index (χ2n) is 6.15. The zero-order chi connectivity index (χ0) is 18.1. The summed E-state index contributed by atoms with van der Waals surface area (Å²) in [6, 6.07) is 17.9. The lowest BCUT2D eigenvalue weighted by Gasteiger charge is -2.12. The Morgan fingerprint density at radius 2 is 1.81 bits per heavy atom. The van der Waals surface area contributed by atoms with Gasteiger partial charge in [-0.1, -0.05) is 42.1 Å². The topological polar surface area (TPSA) is 39.9 Å². The van der Waals surface area contributed by atoms with Crippen LogP contribution in [0.15, 0.2) is 59.8 Å². The number of hydrogen-bond donors (Lipinski definition) is 0. The summed E-state index contributed by atoms with van der Waals surface area (Å²) < 4.78 is 6.98. The van der Waals surface area contributed by atoms with Gasteiger partial charge in [0.2, 0.25) is 0 Å². The minimum atomic E-state index is -0.587. The van der Waals surface area contributed by atoms with Crippen molar-refractivity contribution in [3.8, 4) is 22.8 Å². The van der Waals surface area contributed by atoms with Crippen molar-refractivity contribution in [2.75, 3.05) is 12.9 Å². The van der Waals surface area contributed by atoms with Crippen molar-refractivity contribution in [1.29, 1.82) is 0 Å². The number of alkyl halides is 2. The third kappa shape index (κ3) is 3.43. The van der Waals surface area contributed by atoms with Gasteiger partial charge in [-0.2, -0.15) is 0 Å². The maximum atomic E-state index is 6.16. The second kappa shape index (κ2) is 7.14. The first-order chi connectivity index (χ1) is 12.6. The zero-order valence-corrected chi connectivity index (χ0v) is 16.4. The summed E-state index contributed by atoms with van der Waals surface area (Å²) in [5, 5.41) is 9.69. The fraction of sp³-hybridized carbons (Fsp3) is 0.263. The van der Waals surface area contributed by atoms with Crippen molar-refractivity contribution >= 4 is 35.0 Å². The summed E-state index contributed by atoms with van der Waals surface area (Å²) in [5.74, 6) is 2.60. The van der Waals surface area contributed by atoms with Gasteiger partial charge in [-0.3, -0.25) is 4.57 Å². The third-order valence-corrected chi connectivity index (χ3v) is 6.38. The molecule has 4 rings (SSSR count). The predicted molar refractivity (Wildman–Crippen MR) is 107 cm³/mol. The summed E-state index contributed by atoms with van der Waals surface area (Å²) in [4.78, 5) is 0. The minimum Gasteiger partial charge on any atom is -0.496 e. The molecular formula is C19H17Cl2N3OS. The molecule has 7 heteroatoms. The van der Waals surface area contributed by atoms with E-state index in [0.717, 1.165) is 40.2 Å². The van der Waals surface area contributed by atoms with E-state index in [-0.39, 0.29) is 5.92 Å². The van der Waals surface area contributed by atoms with Gasteiger partial charge in [-0.05, 0) is 30.7 Å². The molecule has 4 nitrogen and oxygen atoms in total. The highest BCUT2D eigenvalue weighted by Crippen LogP contribution is 2.54. The number of thioether (sulfide) groups is 1. The number of hydrogen-bond acceptors (Lipinski definition) is 4. The minimum absolute atomic E-state index is 0.284. The lowest BCUT2D eigenvalue weighted by Crippen LogP contribution is -2.02. The Hall–Kier alpha value is -1.69. The predicted octanol–water partition coefficient (Wildman–Crippen LogP) is 5.23. The largest absolute Gasteiger partial charge is 0.496 e. The van der Waals surface area contributed by atoms with Crippen molar-refractivity contribution in [3.05, 3.63) is 54.6 Å². The molecule has 0 radical (unpaired) electrons. The summed E-state index contributed by atoms with van der Waals surface area (Å²) >= 11 is 14.0. The average molecular weight is 406 g/mol. The monoisotopic (exact) mass is 405 g/mol. The van der Waals surface area contributed by atoms with Crippen LogP contribution in [0.1, 0.15) is 6.42 Å². The van der Waals surface area contributed by atoms with Crippen LogP contribution in [0.3, 0.4) is 0 Å². The summed E-state index contributed by atoms with van der Waals surface area (Å²) in [5.41, 5.74) is 1.90. The van der Waals surface area contributed by atoms with E-state index < -0.39 is 4.33 Å². The molecule has 1 aliphatic carbocycles. The zero-order valence-electron chi connectivity index (χ0n) is 14.1. The van der Waals surface area contributed by atoms with E-state index in [0.29, 0.717) is 0 Å². The van der Waals surface area contributed by atoms with Crippen LogP contribution in [0, 0.1) is 5.92 Å². The molecule has 1 saturated carbocycles. The van der Waals surface area contributed by atoms with Gasteiger partial charge in [0.25, 0.3) is 0 Å². The van der Waals surface area contributed by atoms with Crippen LogP contribution in [-0.2, 0) is 0 Å². The number of nitrogens with zero attached hydrogens (tertiary/aromatic N) is 3. The quantitative estimate of drug-likeness (QED) is 0.415. The standard InChI is InChI=1S/C19H17Cl2N3OS/c1-25-16-10-6-5-9-15(16)17-22-23-18(26-12-13-11-19(13,20)21)24(17)14-7-3-2-4-8-14/h2-10,13H,11-12H2,1H3. The Labute approximate surface area is 166 Å². The van der Waals surface area contributed by atoms with Gasteiger partial charge in [0.1, 0.15) is 10.1 Å². The van der Waals surface area contributed by atoms with E-state index in [1.54, 1.807) is 18.9 Å². The highest BCUT2D eigenvalue weighted by atomic mass is 35.5. The number of benzene rings is 2. The first kappa shape index (κ1) is 17.7. The Morgan fingerprint density at radius 1 is 1.12 bits per heavy atom. The van der Waals surface area contributed by atoms with E-state index in [2.05, 4.69) is 14.8 Å². The fourth-order valence-electron chi connectivity index (χ4n) is 2.80. The van der Waals surface area contributed by atoms with Gasteiger partial charge >= 0.3 is 0 Å². The smallest absolute Gasteiger partial charge is 0.196 e. The molecule has 1 aliphatic rings. The van der Waals surface area contributed by atoms with Gasteiger partial charge in [0.05, 0.1) is 12.7 Å². The molecule has 134 valence electrons. The molecule has 0 aliphatic heterocycles. The molecule has 3 aromatic rings. The van der Waals surface area contributed by atoms with Crippen molar-refractivity contribution in [3.63, 3.8) is 0 Å². The molecule has 1 atom stereocenters. The fourth-order valence-corrected chi connectivity index (χ4v) is 4.68. The van der Waals surface area contributed by atoms with Crippen molar-refractivity contribution in [2.45, 2.75) is 15.9 Å². The normalized spacial score (nSPS) is 17.9. The van der Waals surface area contributed by atoms with Gasteiger partial charge in [0.15, 0.2) is 11.0 Å². The third-order valence-electron chi connectivity index (χ3n) is 4.36.